The number of likely N-dealkylation sites (N-methyl/N-ethyl adjacent to an activating group) is 1. The van der Waals surface area contributed by atoms with Crippen LogP contribution in [0.5, 0.6) is 5.88 Å². The lowest BCUT2D eigenvalue weighted by Gasteiger charge is -2.38. The highest BCUT2D eigenvalue weighted by molar-refractivity contribution is 5.94. The molecule has 1 fully saturated rings. The number of fused-ring (bicyclic) bond motifs is 1. The van der Waals surface area contributed by atoms with Gasteiger partial charge in [-0.1, -0.05) is 6.07 Å². The fraction of sp³-hybridized carbons (Fsp3) is 0.526. The van der Waals surface area contributed by atoms with E-state index in [1.807, 2.05) is 13.1 Å². The number of nitrogens with one attached hydrogen (secondary N) is 2. The molecule has 2 aromatic rings. The lowest BCUT2D eigenvalue weighted by Crippen LogP contribution is -2.42. The van der Waals surface area contributed by atoms with Gasteiger partial charge in [-0.2, -0.15) is 5.10 Å². The lowest BCUT2D eigenvalue weighted by atomic mass is 9.75. The number of amides is 1. The molecule has 2 aromatic heterocycles. The SMILES string of the molecule is COc1ccc(C(NC(=O)c2n[nH]c3c2CN(C)CC3)C2CC(O)C2)cn1. The van der Waals surface area contributed by atoms with E-state index >= 15 is 0 Å². The Morgan fingerprint density at radius 3 is 2.93 bits per heavy atom. The average molecular weight is 371 g/mol. The molecule has 0 aromatic carbocycles. The van der Waals surface area contributed by atoms with E-state index in [-0.39, 0.29) is 24.0 Å². The van der Waals surface area contributed by atoms with Crippen LogP contribution in [0.25, 0.3) is 0 Å². The molecule has 4 rings (SSSR count). The maximum Gasteiger partial charge on any atom is 0.272 e. The van der Waals surface area contributed by atoms with E-state index < -0.39 is 0 Å². The molecule has 2 aliphatic rings. The standard InChI is InChI=1S/C19H25N5O3/c1-24-6-5-15-14(10-24)18(23-22-15)19(26)21-17(12-7-13(25)8-12)11-3-4-16(27-2)20-9-11/h3-4,9,12-13,17,25H,5-8,10H2,1-2H3,(H,21,26)(H,22,23). The Morgan fingerprint density at radius 2 is 2.26 bits per heavy atom. The summed E-state index contributed by atoms with van der Waals surface area (Å²) in [7, 11) is 3.61. The number of hydrogen-bond acceptors (Lipinski definition) is 6. The molecule has 1 unspecified atom stereocenters. The van der Waals surface area contributed by atoms with Gasteiger partial charge in [0.2, 0.25) is 5.88 Å². The summed E-state index contributed by atoms with van der Waals surface area (Å²) in [6.07, 6.45) is 3.62. The third kappa shape index (κ3) is 3.54. The third-order valence-corrected chi connectivity index (χ3v) is 5.57. The van der Waals surface area contributed by atoms with E-state index in [2.05, 4.69) is 25.4 Å². The highest BCUT2D eigenvalue weighted by atomic mass is 16.5. The van der Waals surface area contributed by atoms with Crippen molar-refractivity contribution in [2.75, 3.05) is 20.7 Å². The first-order valence-electron chi connectivity index (χ1n) is 9.28. The normalized spacial score (nSPS) is 23.2. The molecule has 1 saturated carbocycles. The molecule has 1 amide bonds. The number of methoxy groups -OCH3 is 1. The molecule has 1 aliphatic heterocycles. The minimum Gasteiger partial charge on any atom is -0.481 e. The zero-order valence-corrected chi connectivity index (χ0v) is 15.6. The largest absolute Gasteiger partial charge is 0.481 e. The number of rotatable bonds is 5. The average Bonchev–Trinajstić information content (AvgIpc) is 3.07. The number of carbonyl (C=O) groups excluding carboxylic acids is 1. The van der Waals surface area contributed by atoms with E-state index in [4.69, 9.17) is 4.74 Å². The third-order valence-electron chi connectivity index (χ3n) is 5.57. The van der Waals surface area contributed by atoms with Crippen LogP contribution in [0.2, 0.25) is 0 Å². The molecule has 27 heavy (non-hydrogen) atoms. The van der Waals surface area contributed by atoms with Gasteiger partial charge in [0.15, 0.2) is 5.69 Å². The van der Waals surface area contributed by atoms with Gasteiger partial charge in [-0.05, 0) is 31.4 Å². The fourth-order valence-electron chi connectivity index (χ4n) is 3.90. The van der Waals surface area contributed by atoms with E-state index in [0.717, 1.165) is 29.8 Å². The summed E-state index contributed by atoms with van der Waals surface area (Å²) in [5.41, 5.74) is 3.38. The first kappa shape index (κ1) is 17.9. The number of aromatic amines is 1. The van der Waals surface area contributed by atoms with Crippen LogP contribution in [0.15, 0.2) is 18.3 Å². The predicted octanol–water partition coefficient (Wildman–Crippen LogP) is 1.04. The van der Waals surface area contributed by atoms with Crippen LogP contribution in [0.3, 0.4) is 0 Å². The Bertz CT molecular complexity index is 813. The molecule has 1 atom stereocenters. The Labute approximate surface area is 157 Å². The van der Waals surface area contributed by atoms with Crippen molar-refractivity contribution in [1.82, 2.24) is 25.4 Å². The van der Waals surface area contributed by atoms with Crippen LogP contribution in [0.4, 0.5) is 0 Å². The summed E-state index contributed by atoms with van der Waals surface area (Å²) in [4.78, 5) is 19.4. The topological polar surface area (TPSA) is 103 Å². The molecule has 3 N–H and O–H groups in total. The van der Waals surface area contributed by atoms with Crippen molar-refractivity contribution in [3.63, 3.8) is 0 Å². The Kier molecular flexibility index (Phi) is 4.84. The number of aliphatic hydroxyl groups excluding tert-OH is 1. The molecular formula is C19H25N5O3. The van der Waals surface area contributed by atoms with Gasteiger partial charge in [-0.15, -0.1) is 0 Å². The zero-order valence-electron chi connectivity index (χ0n) is 15.6. The summed E-state index contributed by atoms with van der Waals surface area (Å²) in [5, 5.41) is 20.1. The van der Waals surface area contributed by atoms with Crippen LogP contribution in [-0.4, -0.2) is 57.9 Å². The molecule has 8 nitrogen and oxygen atoms in total. The first-order valence-corrected chi connectivity index (χ1v) is 9.28. The zero-order chi connectivity index (χ0) is 19.0. The van der Waals surface area contributed by atoms with Crippen LogP contribution < -0.4 is 10.1 Å². The Balaban J connectivity index is 1.56. The van der Waals surface area contributed by atoms with E-state index in [1.54, 1.807) is 19.4 Å². The van der Waals surface area contributed by atoms with Gasteiger partial charge in [0.05, 0.1) is 19.3 Å². The molecule has 8 heteroatoms. The van der Waals surface area contributed by atoms with Crippen LogP contribution in [0.1, 0.15) is 46.2 Å². The maximum absolute atomic E-state index is 13.0. The summed E-state index contributed by atoms with van der Waals surface area (Å²) in [6, 6.07) is 3.48. The number of H-pyrrole nitrogens is 1. The maximum atomic E-state index is 13.0. The number of ether oxygens (including phenoxy) is 1. The molecule has 0 bridgehead atoms. The highest BCUT2D eigenvalue weighted by Gasteiger charge is 2.37. The van der Waals surface area contributed by atoms with Gasteiger partial charge in [0, 0.05) is 43.0 Å². The van der Waals surface area contributed by atoms with E-state index in [1.165, 1.54) is 0 Å². The second kappa shape index (κ2) is 7.28. The van der Waals surface area contributed by atoms with Gasteiger partial charge < -0.3 is 20.1 Å². The van der Waals surface area contributed by atoms with Gasteiger partial charge in [-0.25, -0.2) is 4.98 Å². The van der Waals surface area contributed by atoms with Crippen molar-refractivity contribution >= 4 is 5.91 Å². The summed E-state index contributed by atoms with van der Waals surface area (Å²) >= 11 is 0. The number of hydrogen-bond donors (Lipinski definition) is 3. The Morgan fingerprint density at radius 1 is 1.44 bits per heavy atom. The smallest absolute Gasteiger partial charge is 0.272 e. The van der Waals surface area contributed by atoms with E-state index in [9.17, 15) is 9.90 Å². The minimum absolute atomic E-state index is 0.177. The highest BCUT2D eigenvalue weighted by Crippen LogP contribution is 2.38. The lowest BCUT2D eigenvalue weighted by molar-refractivity contribution is 0.0234. The van der Waals surface area contributed by atoms with E-state index in [0.29, 0.717) is 31.0 Å². The van der Waals surface area contributed by atoms with Crippen LogP contribution >= 0.6 is 0 Å². The number of aliphatic hydroxyl groups is 1. The minimum atomic E-state index is -0.299. The van der Waals surface area contributed by atoms with Gasteiger partial charge in [0.1, 0.15) is 0 Å². The van der Waals surface area contributed by atoms with Crippen molar-refractivity contribution in [1.29, 1.82) is 0 Å². The van der Waals surface area contributed by atoms with Gasteiger partial charge in [-0.3, -0.25) is 9.89 Å². The van der Waals surface area contributed by atoms with Gasteiger partial charge in [0.25, 0.3) is 5.91 Å². The Hall–Kier alpha value is -2.45. The molecule has 0 radical (unpaired) electrons. The summed E-state index contributed by atoms with van der Waals surface area (Å²) < 4.78 is 5.12. The second-order valence-corrected chi connectivity index (χ2v) is 7.49. The molecule has 1 aliphatic carbocycles. The number of aromatic nitrogens is 3. The van der Waals surface area contributed by atoms with Gasteiger partial charge >= 0.3 is 0 Å². The summed E-state index contributed by atoms with van der Waals surface area (Å²) in [5.74, 6) is 0.517. The second-order valence-electron chi connectivity index (χ2n) is 7.49. The molecular weight excluding hydrogens is 346 g/mol. The predicted molar refractivity (Wildman–Crippen MR) is 98.4 cm³/mol. The molecule has 144 valence electrons. The quantitative estimate of drug-likeness (QED) is 0.726. The van der Waals surface area contributed by atoms with Crippen molar-refractivity contribution in [2.24, 2.45) is 5.92 Å². The number of carbonyl (C=O) groups is 1. The molecule has 3 heterocycles. The first-order chi connectivity index (χ1) is 13.0. The molecule has 0 saturated heterocycles. The number of pyridine rings is 1. The summed E-state index contributed by atoms with van der Waals surface area (Å²) in [6.45, 7) is 1.67. The van der Waals surface area contributed by atoms with Crippen molar-refractivity contribution in [3.05, 3.63) is 40.8 Å². The van der Waals surface area contributed by atoms with Crippen molar-refractivity contribution in [3.8, 4) is 5.88 Å². The fourth-order valence-corrected chi connectivity index (χ4v) is 3.90. The molecule has 0 spiro atoms. The van der Waals surface area contributed by atoms with Crippen LogP contribution in [0, 0.1) is 5.92 Å². The number of nitrogens with zero attached hydrogens (tertiary/aromatic N) is 3. The van der Waals surface area contributed by atoms with Crippen LogP contribution in [-0.2, 0) is 13.0 Å². The van der Waals surface area contributed by atoms with Crippen molar-refractivity contribution < 1.29 is 14.6 Å². The monoisotopic (exact) mass is 371 g/mol. The van der Waals surface area contributed by atoms with Crippen molar-refractivity contribution in [2.45, 2.75) is 38.0 Å².